The topological polar surface area (TPSA) is 0 Å². The molecule has 0 saturated heterocycles. The quantitative estimate of drug-likeness (QED) is 0.125. The molecule has 0 aliphatic carbocycles. The van der Waals surface area contributed by atoms with Crippen molar-refractivity contribution in [2.75, 3.05) is 0 Å². The zero-order valence-corrected chi connectivity index (χ0v) is 22.4. The first kappa shape index (κ1) is 24.8. The molecule has 0 aromatic heterocycles. The molecule has 0 fully saturated rings. The number of aryl methyl sites for hydroxylation is 2. The van der Waals surface area contributed by atoms with Crippen LogP contribution in [0.3, 0.4) is 0 Å². The minimum atomic E-state index is 1.20. The maximum absolute atomic E-state index is 2.42. The molecular weight excluding hydrogens is 432 g/mol. The van der Waals surface area contributed by atoms with Gasteiger partial charge in [0.2, 0.25) is 0 Å². The highest BCUT2D eigenvalue weighted by molar-refractivity contribution is 6.22. The summed E-state index contributed by atoms with van der Waals surface area (Å²) in [6.45, 7) is 4.57. The van der Waals surface area contributed by atoms with E-state index in [2.05, 4.69) is 86.6 Å². The van der Waals surface area contributed by atoms with Crippen molar-refractivity contribution < 1.29 is 0 Å². The molecule has 0 heteroatoms. The predicted molar refractivity (Wildman–Crippen MR) is 161 cm³/mol. The number of unbranched alkanes of at least 4 members (excludes halogenated alkanes) is 8. The van der Waals surface area contributed by atoms with Crippen molar-refractivity contribution >= 4 is 43.1 Å². The molecule has 36 heavy (non-hydrogen) atoms. The molecule has 0 atom stereocenters. The molecule has 5 rings (SSSR count). The first-order chi connectivity index (χ1) is 17.8. The minimum Gasteiger partial charge on any atom is -0.0654 e. The highest BCUT2D eigenvalue weighted by atomic mass is 14.1. The van der Waals surface area contributed by atoms with Gasteiger partial charge in [0.15, 0.2) is 0 Å². The lowest BCUT2D eigenvalue weighted by Gasteiger charge is -2.12. The molecule has 0 radical (unpaired) electrons. The van der Waals surface area contributed by atoms with E-state index in [1.165, 1.54) is 131 Å². The average Bonchev–Trinajstić information content (AvgIpc) is 2.92. The summed E-state index contributed by atoms with van der Waals surface area (Å²) >= 11 is 0. The Bertz CT molecular complexity index is 1340. The van der Waals surface area contributed by atoms with Gasteiger partial charge < -0.3 is 0 Å². The Hall–Kier alpha value is -2.86. The van der Waals surface area contributed by atoms with E-state index in [0.717, 1.165) is 0 Å². The number of rotatable bonds is 12. The zero-order valence-electron chi connectivity index (χ0n) is 22.4. The molecule has 0 spiro atoms. The Morgan fingerprint density at radius 3 is 1.17 bits per heavy atom. The average molecular weight is 475 g/mol. The monoisotopic (exact) mass is 474 g/mol. The second-order valence-electron chi connectivity index (χ2n) is 10.8. The van der Waals surface area contributed by atoms with Crippen LogP contribution in [0, 0.1) is 0 Å². The van der Waals surface area contributed by atoms with Crippen LogP contribution >= 0.6 is 0 Å². The van der Waals surface area contributed by atoms with Crippen molar-refractivity contribution in [2.45, 2.75) is 90.9 Å². The molecule has 0 unspecified atom stereocenters. The van der Waals surface area contributed by atoms with Crippen LogP contribution in [-0.2, 0) is 12.8 Å². The van der Waals surface area contributed by atoms with Crippen molar-refractivity contribution in [2.24, 2.45) is 0 Å². The highest BCUT2D eigenvalue weighted by Crippen LogP contribution is 2.35. The summed E-state index contributed by atoms with van der Waals surface area (Å²) in [5, 5.41) is 11.0. The molecule has 5 aromatic rings. The fourth-order valence-corrected chi connectivity index (χ4v) is 5.98. The first-order valence-corrected chi connectivity index (χ1v) is 14.6. The van der Waals surface area contributed by atoms with Crippen LogP contribution in [-0.4, -0.2) is 0 Å². The normalized spacial score (nSPS) is 11.8. The number of benzene rings is 5. The van der Waals surface area contributed by atoms with Gasteiger partial charge >= 0.3 is 0 Å². The fourth-order valence-electron chi connectivity index (χ4n) is 5.98. The Labute approximate surface area is 217 Å². The van der Waals surface area contributed by atoms with Crippen LogP contribution in [0.25, 0.3) is 43.1 Å². The van der Waals surface area contributed by atoms with Crippen LogP contribution in [0.15, 0.2) is 72.8 Å². The lowest BCUT2D eigenvalue weighted by atomic mass is 9.92. The summed E-state index contributed by atoms with van der Waals surface area (Å²) < 4.78 is 0. The van der Waals surface area contributed by atoms with Crippen molar-refractivity contribution in [1.29, 1.82) is 0 Å². The van der Waals surface area contributed by atoms with Gasteiger partial charge in [-0.15, -0.1) is 0 Å². The zero-order chi connectivity index (χ0) is 24.7. The molecule has 0 amide bonds. The second-order valence-corrected chi connectivity index (χ2v) is 10.8. The third kappa shape index (κ3) is 5.44. The standard InChI is InChI=1S/C36H42/c1-3-5-7-9-11-13-27-15-19-31-29(25-27)17-21-35-33(31)23-24-34-32-20-16-28(14-12-10-8-6-4-2)26-30(32)18-22-36(34)35/h15-26H,3-14H2,1-2H3. The van der Waals surface area contributed by atoms with Crippen LogP contribution in [0.1, 0.15) is 89.2 Å². The SMILES string of the molecule is CCCCCCCc1ccc2c(ccc3c2ccc2c4ccc(CCCCCCC)cc4ccc23)c1. The molecule has 5 aromatic carbocycles. The summed E-state index contributed by atoms with van der Waals surface area (Å²) in [7, 11) is 0. The molecule has 0 nitrogen and oxygen atoms in total. The maximum atomic E-state index is 2.42. The van der Waals surface area contributed by atoms with E-state index in [1.807, 2.05) is 0 Å². The van der Waals surface area contributed by atoms with Gasteiger partial charge in [0.25, 0.3) is 0 Å². The highest BCUT2D eigenvalue weighted by Gasteiger charge is 2.09. The van der Waals surface area contributed by atoms with E-state index in [4.69, 9.17) is 0 Å². The first-order valence-electron chi connectivity index (χ1n) is 14.6. The smallest absolute Gasteiger partial charge is 0.00987 e. The predicted octanol–water partition coefficient (Wildman–Crippen LogP) is 11.3. The van der Waals surface area contributed by atoms with Gasteiger partial charge in [-0.05, 0) is 79.9 Å². The second kappa shape index (κ2) is 11.9. The lowest BCUT2D eigenvalue weighted by Crippen LogP contribution is -1.89. The molecular formula is C36H42. The van der Waals surface area contributed by atoms with Gasteiger partial charge in [0, 0.05) is 0 Å². The molecule has 0 aliphatic heterocycles. The number of hydrogen-bond donors (Lipinski definition) is 0. The van der Waals surface area contributed by atoms with E-state index in [1.54, 1.807) is 0 Å². The summed E-state index contributed by atoms with van der Waals surface area (Å²) in [5.41, 5.74) is 2.96. The fraction of sp³-hybridized carbons (Fsp3) is 0.389. The number of fused-ring (bicyclic) bond motifs is 7. The molecule has 0 aliphatic rings. The van der Waals surface area contributed by atoms with Gasteiger partial charge in [-0.2, -0.15) is 0 Å². The van der Waals surface area contributed by atoms with E-state index in [-0.39, 0.29) is 0 Å². The van der Waals surface area contributed by atoms with E-state index >= 15 is 0 Å². The molecule has 0 heterocycles. The summed E-state index contributed by atoms with van der Waals surface area (Å²) in [6, 6.07) is 28.3. The number of hydrogen-bond acceptors (Lipinski definition) is 0. The summed E-state index contributed by atoms with van der Waals surface area (Å²) in [4.78, 5) is 0. The van der Waals surface area contributed by atoms with E-state index in [9.17, 15) is 0 Å². The Morgan fingerprint density at radius 1 is 0.361 bits per heavy atom. The van der Waals surface area contributed by atoms with Crippen molar-refractivity contribution in [3.8, 4) is 0 Å². The minimum absolute atomic E-state index is 1.20. The molecule has 0 saturated carbocycles. The third-order valence-electron chi connectivity index (χ3n) is 8.10. The van der Waals surface area contributed by atoms with E-state index < -0.39 is 0 Å². The molecule has 0 bridgehead atoms. The van der Waals surface area contributed by atoms with Crippen molar-refractivity contribution in [3.05, 3.63) is 83.9 Å². The Balaban J connectivity index is 1.41. The Morgan fingerprint density at radius 2 is 0.722 bits per heavy atom. The Kier molecular flexibility index (Phi) is 8.22. The van der Waals surface area contributed by atoms with Gasteiger partial charge in [-0.25, -0.2) is 0 Å². The van der Waals surface area contributed by atoms with Crippen LogP contribution < -0.4 is 0 Å². The summed E-state index contributed by atoms with van der Waals surface area (Å²) in [6.07, 6.45) is 15.8. The van der Waals surface area contributed by atoms with Crippen LogP contribution in [0.4, 0.5) is 0 Å². The lowest BCUT2D eigenvalue weighted by molar-refractivity contribution is 0.632. The van der Waals surface area contributed by atoms with Crippen molar-refractivity contribution in [3.63, 3.8) is 0 Å². The van der Waals surface area contributed by atoms with Crippen molar-refractivity contribution in [1.82, 2.24) is 0 Å². The third-order valence-corrected chi connectivity index (χ3v) is 8.10. The van der Waals surface area contributed by atoms with E-state index in [0.29, 0.717) is 0 Å². The maximum Gasteiger partial charge on any atom is -0.00987 e. The molecule has 0 N–H and O–H groups in total. The van der Waals surface area contributed by atoms with Gasteiger partial charge in [0.1, 0.15) is 0 Å². The van der Waals surface area contributed by atoms with Gasteiger partial charge in [-0.1, -0.05) is 138 Å². The van der Waals surface area contributed by atoms with Crippen LogP contribution in [0.5, 0.6) is 0 Å². The van der Waals surface area contributed by atoms with Crippen LogP contribution in [0.2, 0.25) is 0 Å². The molecule has 186 valence electrons. The summed E-state index contributed by atoms with van der Waals surface area (Å²) in [5.74, 6) is 0. The van der Waals surface area contributed by atoms with Gasteiger partial charge in [-0.3, -0.25) is 0 Å². The largest absolute Gasteiger partial charge is 0.0654 e. The van der Waals surface area contributed by atoms with Gasteiger partial charge in [0.05, 0.1) is 0 Å².